The molecule has 0 atom stereocenters. The summed E-state index contributed by atoms with van der Waals surface area (Å²) in [6.45, 7) is 0.539. The van der Waals surface area contributed by atoms with Crippen LogP contribution in [0.15, 0.2) is 41.2 Å². The highest BCUT2D eigenvalue weighted by molar-refractivity contribution is 5.49. The molecule has 7 nitrogen and oxygen atoms in total. The second kappa shape index (κ2) is 4.45. The Morgan fingerprint density at radius 3 is 2.95 bits per heavy atom. The van der Waals surface area contributed by atoms with E-state index in [9.17, 15) is 4.79 Å². The molecule has 0 spiro atoms. The van der Waals surface area contributed by atoms with Crippen LogP contribution in [0.25, 0.3) is 5.65 Å². The predicted octanol–water partition coefficient (Wildman–Crippen LogP) is 0.612. The van der Waals surface area contributed by atoms with E-state index in [-0.39, 0.29) is 5.69 Å². The topological polar surface area (TPSA) is 101 Å². The van der Waals surface area contributed by atoms with E-state index in [1.165, 1.54) is 4.52 Å². The first kappa shape index (κ1) is 11.3. The van der Waals surface area contributed by atoms with Crippen LogP contribution in [0.4, 0.5) is 11.5 Å². The number of fused-ring (bicyclic) bond motifs is 1. The Kier molecular flexibility index (Phi) is 2.64. The van der Waals surface area contributed by atoms with Crippen molar-refractivity contribution in [2.24, 2.45) is 0 Å². The summed E-state index contributed by atoms with van der Waals surface area (Å²) in [5.74, 6) is 0.583. The minimum Gasteiger partial charge on any atom is -0.398 e. The van der Waals surface area contributed by atoms with Gasteiger partial charge in [0, 0.05) is 12.2 Å². The number of aromatic nitrogens is 4. The van der Waals surface area contributed by atoms with Crippen molar-refractivity contribution in [2.45, 2.75) is 6.54 Å². The SMILES string of the molecule is Nc1ccccc1CNc1ccc2n[nH]c(=O)n2n1. The van der Waals surface area contributed by atoms with E-state index in [1.807, 2.05) is 24.3 Å². The highest BCUT2D eigenvalue weighted by Crippen LogP contribution is 2.12. The lowest BCUT2D eigenvalue weighted by molar-refractivity contribution is 0.875. The Bertz CT molecular complexity index is 775. The fraction of sp³-hybridized carbons (Fsp3) is 0.0833. The fourth-order valence-electron chi connectivity index (χ4n) is 1.78. The number of hydrogen-bond donors (Lipinski definition) is 3. The van der Waals surface area contributed by atoms with Crippen molar-refractivity contribution in [2.75, 3.05) is 11.1 Å². The second-order valence-electron chi connectivity index (χ2n) is 4.07. The van der Waals surface area contributed by atoms with Crippen LogP contribution in [0, 0.1) is 0 Å². The van der Waals surface area contributed by atoms with Gasteiger partial charge in [0.1, 0.15) is 5.82 Å². The first-order valence-corrected chi connectivity index (χ1v) is 5.76. The molecule has 3 rings (SSSR count). The number of nitrogens with zero attached hydrogens (tertiary/aromatic N) is 3. The molecule has 1 aromatic carbocycles. The van der Waals surface area contributed by atoms with Gasteiger partial charge in [-0.3, -0.25) is 0 Å². The van der Waals surface area contributed by atoms with E-state index >= 15 is 0 Å². The largest absolute Gasteiger partial charge is 0.398 e. The summed E-state index contributed by atoms with van der Waals surface area (Å²) in [5, 5.41) is 13.4. The van der Waals surface area contributed by atoms with Crippen LogP contribution in [0.1, 0.15) is 5.56 Å². The maximum Gasteiger partial charge on any atom is 0.364 e. The number of benzene rings is 1. The summed E-state index contributed by atoms with van der Waals surface area (Å²) in [7, 11) is 0. The van der Waals surface area contributed by atoms with Crippen LogP contribution in [0.3, 0.4) is 0 Å². The molecule has 0 bridgehead atoms. The number of H-pyrrole nitrogens is 1. The quantitative estimate of drug-likeness (QED) is 0.596. The lowest BCUT2D eigenvalue weighted by Gasteiger charge is -2.07. The molecule has 0 amide bonds. The van der Waals surface area contributed by atoms with Gasteiger partial charge in [0.25, 0.3) is 0 Å². The molecule has 7 heteroatoms. The van der Waals surface area contributed by atoms with Crippen molar-refractivity contribution in [3.05, 3.63) is 52.4 Å². The van der Waals surface area contributed by atoms with Crippen LogP contribution < -0.4 is 16.7 Å². The van der Waals surface area contributed by atoms with Gasteiger partial charge in [-0.25, -0.2) is 9.89 Å². The van der Waals surface area contributed by atoms with Gasteiger partial charge in [0.05, 0.1) is 0 Å². The van der Waals surface area contributed by atoms with Crippen LogP contribution in [0.2, 0.25) is 0 Å². The molecule has 19 heavy (non-hydrogen) atoms. The normalized spacial score (nSPS) is 10.7. The van der Waals surface area contributed by atoms with E-state index in [1.54, 1.807) is 12.1 Å². The number of hydrogen-bond acceptors (Lipinski definition) is 5. The van der Waals surface area contributed by atoms with E-state index in [0.29, 0.717) is 18.0 Å². The van der Waals surface area contributed by atoms with Gasteiger partial charge in [-0.05, 0) is 23.8 Å². The van der Waals surface area contributed by atoms with Gasteiger partial charge in [-0.2, -0.15) is 9.61 Å². The molecule has 0 aliphatic rings. The standard InChI is InChI=1S/C12H12N6O/c13-9-4-2-1-3-8(9)7-14-10-5-6-11-15-16-12(19)18(11)17-10/h1-6H,7,13H2,(H,14,17)(H,16,19). The molecule has 0 unspecified atom stereocenters. The maximum atomic E-state index is 11.4. The van der Waals surface area contributed by atoms with E-state index in [4.69, 9.17) is 5.73 Å². The monoisotopic (exact) mass is 256 g/mol. The van der Waals surface area contributed by atoms with E-state index < -0.39 is 0 Å². The van der Waals surface area contributed by atoms with Crippen molar-refractivity contribution in [3.63, 3.8) is 0 Å². The zero-order valence-electron chi connectivity index (χ0n) is 10.00. The van der Waals surface area contributed by atoms with Crippen molar-refractivity contribution < 1.29 is 0 Å². The maximum absolute atomic E-state index is 11.4. The molecule has 0 radical (unpaired) electrons. The number of anilines is 2. The van der Waals surface area contributed by atoms with Gasteiger partial charge in [-0.1, -0.05) is 18.2 Å². The highest BCUT2D eigenvalue weighted by atomic mass is 16.2. The third kappa shape index (κ3) is 2.13. The van der Waals surface area contributed by atoms with Gasteiger partial charge < -0.3 is 11.1 Å². The van der Waals surface area contributed by atoms with Gasteiger partial charge in [-0.15, -0.1) is 5.10 Å². The van der Waals surface area contributed by atoms with Gasteiger partial charge in [0.15, 0.2) is 5.65 Å². The Balaban J connectivity index is 1.84. The smallest absolute Gasteiger partial charge is 0.364 e. The highest BCUT2D eigenvalue weighted by Gasteiger charge is 2.03. The number of rotatable bonds is 3. The molecule has 2 aromatic heterocycles. The average molecular weight is 256 g/mol. The first-order chi connectivity index (χ1) is 9.24. The molecule has 0 fully saturated rings. The van der Waals surface area contributed by atoms with Crippen molar-refractivity contribution in [3.8, 4) is 0 Å². The molecule has 3 aromatic rings. The summed E-state index contributed by atoms with van der Waals surface area (Å²) in [5.41, 5.74) is 7.67. The Labute approximate surface area is 108 Å². The molecule has 4 N–H and O–H groups in total. The number of nitrogens with two attached hydrogens (primary N) is 1. The van der Waals surface area contributed by atoms with Crippen LogP contribution >= 0.6 is 0 Å². The molecule has 0 saturated carbocycles. The lowest BCUT2D eigenvalue weighted by Crippen LogP contribution is -2.14. The zero-order valence-corrected chi connectivity index (χ0v) is 10.00. The number of aromatic amines is 1. The van der Waals surface area contributed by atoms with Crippen molar-refractivity contribution in [1.29, 1.82) is 0 Å². The summed E-state index contributed by atoms with van der Waals surface area (Å²) < 4.78 is 1.21. The summed E-state index contributed by atoms with van der Waals surface area (Å²) in [6, 6.07) is 11.0. The molecular weight excluding hydrogens is 244 g/mol. The Morgan fingerprint density at radius 1 is 1.26 bits per heavy atom. The molecule has 0 aliphatic carbocycles. The second-order valence-corrected chi connectivity index (χ2v) is 4.07. The fourth-order valence-corrected chi connectivity index (χ4v) is 1.78. The summed E-state index contributed by atoms with van der Waals surface area (Å²) in [4.78, 5) is 11.4. The predicted molar refractivity (Wildman–Crippen MR) is 71.8 cm³/mol. The Hall–Kier alpha value is -2.83. The van der Waals surface area contributed by atoms with Crippen molar-refractivity contribution >= 4 is 17.2 Å². The third-order valence-electron chi connectivity index (χ3n) is 2.79. The van der Waals surface area contributed by atoms with Gasteiger partial charge in [0.2, 0.25) is 0 Å². The van der Waals surface area contributed by atoms with Crippen LogP contribution in [-0.4, -0.2) is 19.8 Å². The minimum absolute atomic E-state index is 0.363. The van der Waals surface area contributed by atoms with Gasteiger partial charge >= 0.3 is 5.69 Å². The van der Waals surface area contributed by atoms with E-state index in [0.717, 1.165) is 11.3 Å². The summed E-state index contributed by atoms with van der Waals surface area (Å²) >= 11 is 0. The lowest BCUT2D eigenvalue weighted by atomic mass is 10.2. The molecule has 0 aliphatic heterocycles. The first-order valence-electron chi connectivity index (χ1n) is 5.76. The van der Waals surface area contributed by atoms with Crippen molar-refractivity contribution in [1.82, 2.24) is 19.8 Å². The Morgan fingerprint density at radius 2 is 2.11 bits per heavy atom. The molecule has 2 heterocycles. The van der Waals surface area contributed by atoms with Crippen LogP contribution in [-0.2, 0) is 6.54 Å². The number of nitrogens with one attached hydrogen (secondary N) is 2. The molecule has 0 saturated heterocycles. The number of para-hydroxylation sites is 1. The minimum atomic E-state index is -0.363. The third-order valence-corrected chi connectivity index (χ3v) is 2.79. The van der Waals surface area contributed by atoms with E-state index in [2.05, 4.69) is 20.6 Å². The van der Waals surface area contributed by atoms with Crippen LogP contribution in [0.5, 0.6) is 0 Å². The average Bonchev–Trinajstić information content (AvgIpc) is 2.79. The summed E-state index contributed by atoms with van der Waals surface area (Å²) in [6.07, 6.45) is 0. The molecule has 96 valence electrons. The zero-order chi connectivity index (χ0) is 13.2. The molecular formula is C12H12N6O. The number of nitrogen functional groups attached to an aromatic ring is 1.